The normalized spacial score (nSPS) is 17.4. The molecule has 1 aliphatic rings. The van der Waals surface area contributed by atoms with Gasteiger partial charge >= 0.3 is 213 Å². The Kier molecular flexibility index (Phi) is 5.61. The third-order valence-electron chi connectivity index (χ3n) is 7.12. The molecule has 0 unspecified atom stereocenters. The first-order chi connectivity index (χ1) is 16.6. The van der Waals surface area contributed by atoms with E-state index in [4.69, 9.17) is 3.02 Å². The molecule has 3 heteroatoms. The van der Waals surface area contributed by atoms with Crippen molar-refractivity contribution in [1.82, 2.24) is 0 Å². The number of hydrogen-bond donors (Lipinski definition) is 1. The van der Waals surface area contributed by atoms with Gasteiger partial charge in [0, 0.05) is 0 Å². The van der Waals surface area contributed by atoms with E-state index < -0.39 is 18.1 Å². The molecule has 2 nitrogen and oxygen atoms in total. The molecule has 0 amide bonds. The van der Waals surface area contributed by atoms with Gasteiger partial charge in [0.15, 0.2) is 0 Å². The number of fused-ring (bicyclic) bond motifs is 1. The van der Waals surface area contributed by atoms with Crippen molar-refractivity contribution in [2.24, 2.45) is 0 Å². The third-order valence-corrected chi connectivity index (χ3v) is 21.6. The van der Waals surface area contributed by atoms with Gasteiger partial charge in [0.2, 0.25) is 0 Å². The quantitative estimate of drug-likeness (QED) is 0.295. The van der Waals surface area contributed by atoms with E-state index in [-0.39, 0.29) is 10.8 Å². The van der Waals surface area contributed by atoms with Crippen LogP contribution in [0.1, 0.15) is 52.7 Å². The van der Waals surface area contributed by atoms with Crippen molar-refractivity contribution in [2.45, 2.75) is 52.4 Å². The molecule has 5 rings (SSSR count). The number of benzene rings is 4. The SMILES string of the molecule is CC(C)(C)c1cc2c(c(C(C)(C)C)c1)[O][Sb]([c]1ccccc1)([c]1ccccc1)([c]1ccccc1)[NH]2. The molecular weight excluding hydrogens is 536 g/mol. The molecule has 1 N–H and O–H groups in total. The van der Waals surface area contributed by atoms with Crippen LogP contribution < -0.4 is 17.0 Å². The summed E-state index contributed by atoms with van der Waals surface area (Å²) in [5.74, 6) is 1.00. The number of anilines is 1. The van der Waals surface area contributed by atoms with Gasteiger partial charge in [-0.3, -0.25) is 0 Å². The first-order valence-electron chi connectivity index (χ1n) is 12.4. The molecule has 0 atom stereocenters. The Labute approximate surface area is 212 Å². The fraction of sp³-hybridized carbons (Fsp3) is 0.250. The Bertz CT molecular complexity index is 1250. The van der Waals surface area contributed by atoms with E-state index in [0.717, 1.165) is 11.4 Å². The molecule has 4 aromatic rings. The standard InChI is InChI=1S/C14H22NO.3C6H5.Sb/c1-13(2,3)9-7-10(14(4,5)6)12(16)11(15)8-9;3*1-2-4-6-5-3-1;/h7-8,15-16H,1-6H3;3*1-5H;/q-1;;;;+2/p-1. The Morgan fingerprint density at radius 1 is 0.571 bits per heavy atom. The summed E-state index contributed by atoms with van der Waals surface area (Å²) in [7, 11) is 0. The molecule has 180 valence electrons. The summed E-state index contributed by atoms with van der Waals surface area (Å²) in [6.45, 7) is 13.7. The molecular formula is C32H36NOSb. The maximum atomic E-state index is 7.66. The number of rotatable bonds is 3. The van der Waals surface area contributed by atoms with Gasteiger partial charge < -0.3 is 0 Å². The van der Waals surface area contributed by atoms with E-state index in [0.29, 0.717) is 0 Å². The number of nitrogens with one attached hydrogen (secondary N) is 1. The fourth-order valence-electron chi connectivity index (χ4n) is 5.17. The monoisotopic (exact) mass is 571 g/mol. The maximum absolute atomic E-state index is 7.66. The van der Waals surface area contributed by atoms with Crippen molar-refractivity contribution in [3.05, 3.63) is 114 Å². The van der Waals surface area contributed by atoms with Crippen LogP contribution in [0.25, 0.3) is 0 Å². The topological polar surface area (TPSA) is 21.3 Å². The van der Waals surface area contributed by atoms with Crippen molar-refractivity contribution in [3.8, 4) is 5.75 Å². The molecule has 0 saturated carbocycles. The summed E-state index contributed by atoms with van der Waals surface area (Å²) in [5, 5.41) is 0. The second-order valence-electron chi connectivity index (χ2n) is 11.6. The van der Waals surface area contributed by atoms with Crippen LogP contribution in [0.4, 0.5) is 5.69 Å². The molecule has 4 aromatic carbocycles. The van der Waals surface area contributed by atoms with Gasteiger partial charge in [-0.25, -0.2) is 0 Å². The Morgan fingerprint density at radius 3 is 1.37 bits per heavy atom. The summed E-state index contributed by atoms with van der Waals surface area (Å²) in [6, 6.07) is 37.3. The minimum absolute atomic E-state index is 0.0238. The second kappa shape index (κ2) is 8.17. The Morgan fingerprint density at radius 2 is 1.00 bits per heavy atom. The summed E-state index contributed by atoms with van der Waals surface area (Å²) in [4.78, 5) is 0. The van der Waals surface area contributed by atoms with Crippen LogP contribution in [0.2, 0.25) is 0 Å². The van der Waals surface area contributed by atoms with Crippen molar-refractivity contribution in [3.63, 3.8) is 0 Å². The predicted molar refractivity (Wildman–Crippen MR) is 152 cm³/mol. The molecule has 0 spiro atoms. The molecule has 35 heavy (non-hydrogen) atoms. The third kappa shape index (κ3) is 3.69. The van der Waals surface area contributed by atoms with Gasteiger partial charge in [-0.2, -0.15) is 0 Å². The van der Waals surface area contributed by atoms with E-state index in [2.05, 4.69) is 148 Å². The van der Waals surface area contributed by atoms with Gasteiger partial charge in [-0.15, -0.1) is 0 Å². The molecule has 1 heterocycles. The molecule has 0 saturated heterocycles. The van der Waals surface area contributed by atoms with Crippen LogP contribution >= 0.6 is 0 Å². The van der Waals surface area contributed by atoms with Gasteiger partial charge in [-0.1, -0.05) is 0 Å². The fourth-order valence-corrected chi connectivity index (χ4v) is 19.6. The van der Waals surface area contributed by atoms with Crippen LogP contribution in [-0.4, -0.2) is 18.1 Å². The van der Waals surface area contributed by atoms with Gasteiger partial charge in [0.25, 0.3) is 0 Å². The molecule has 0 bridgehead atoms. The van der Waals surface area contributed by atoms with Crippen molar-refractivity contribution in [2.75, 3.05) is 3.48 Å². The van der Waals surface area contributed by atoms with E-state index in [1.165, 1.54) is 21.7 Å². The zero-order valence-corrected chi connectivity index (χ0v) is 24.2. The summed E-state index contributed by atoms with van der Waals surface area (Å²) in [5.41, 5.74) is 3.64. The molecule has 0 radical (unpaired) electrons. The van der Waals surface area contributed by atoms with Crippen LogP contribution in [0.3, 0.4) is 0 Å². The minimum atomic E-state index is -4.73. The second-order valence-corrected chi connectivity index (χ2v) is 23.1. The van der Waals surface area contributed by atoms with E-state index in [1.807, 2.05) is 0 Å². The van der Waals surface area contributed by atoms with Crippen molar-refractivity contribution < 1.29 is 3.02 Å². The Balaban J connectivity index is 1.94. The first-order valence-corrected chi connectivity index (χ1v) is 18.6. The molecule has 0 aromatic heterocycles. The van der Waals surface area contributed by atoms with Gasteiger partial charge in [0.1, 0.15) is 0 Å². The average Bonchev–Trinajstić information content (AvgIpc) is 3.22. The first kappa shape index (κ1) is 24.0. The van der Waals surface area contributed by atoms with E-state index in [9.17, 15) is 0 Å². The summed E-state index contributed by atoms with van der Waals surface area (Å²) >= 11 is -4.73. The van der Waals surface area contributed by atoms with Crippen molar-refractivity contribution in [1.29, 1.82) is 0 Å². The van der Waals surface area contributed by atoms with E-state index in [1.54, 1.807) is 0 Å². The number of hydrogen-bond acceptors (Lipinski definition) is 2. The van der Waals surface area contributed by atoms with Gasteiger partial charge in [-0.05, 0) is 0 Å². The molecule has 1 aliphatic heterocycles. The van der Waals surface area contributed by atoms with Crippen LogP contribution in [-0.2, 0) is 10.8 Å². The molecule has 0 fully saturated rings. The van der Waals surface area contributed by atoms with E-state index >= 15 is 0 Å². The van der Waals surface area contributed by atoms with Crippen LogP contribution in [0.15, 0.2) is 103 Å². The van der Waals surface area contributed by atoms with Gasteiger partial charge in [0.05, 0.1) is 0 Å². The zero-order valence-electron chi connectivity index (χ0n) is 21.7. The van der Waals surface area contributed by atoms with Crippen LogP contribution in [0.5, 0.6) is 5.75 Å². The van der Waals surface area contributed by atoms with Crippen molar-refractivity contribution >= 4 is 34.3 Å². The summed E-state index contributed by atoms with van der Waals surface area (Å²) < 4.78 is 15.6. The average molecular weight is 572 g/mol. The summed E-state index contributed by atoms with van der Waals surface area (Å²) in [6.07, 6.45) is 0. The van der Waals surface area contributed by atoms with Crippen LogP contribution in [0, 0.1) is 0 Å². The predicted octanol–water partition coefficient (Wildman–Crippen LogP) is 6.20. The molecule has 0 aliphatic carbocycles. The Hall–Kier alpha value is -2.70. The zero-order chi connectivity index (χ0) is 24.9.